The van der Waals surface area contributed by atoms with Gasteiger partial charge in [0.1, 0.15) is 5.82 Å². The molecule has 1 N–H and O–H groups in total. The summed E-state index contributed by atoms with van der Waals surface area (Å²) in [5.41, 5.74) is 1.18. The highest BCUT2D eigenvalue weighted by molar-refractivity contribution is 7.99. The van der Waals surface area contributed by atoms with Crippen molar-refractivity contribution in [2.45, 2.75) is 11.8 Å². The summed E-state index contributed by atoms with van der Waals surface area (Å²) in [4.78, 5) is 11.9. The van der Waals surface area contributed by atoms with Crippen molar-refractivity contribution in [3.63, 3.8) is 0 Å². The van der Waals surface area contributed by atoms with Crippen molar-refractivity contribution in [2.75, 3.05) is 5.75 Å². The monoisotopic (exact) mass is 377 g/mol. The van der Waals surface area contributed by atoms with Crippen LogP contribution in [0.4, 0.5) is 4.39 Å². The summed E-state index contributed by atoms with van der Waals surface area (Å²) >= 11 is 6.95. The van der Waals surface area contributed by atoms with Crippen molar-refractivity contribution in [1.29, 1.82) is 0 Å². The number of hydrogen-bond donors (Lipinski definition) is 1. The fourth-order valence-corrected chi connectivity index (χ4v) is 2.71. The molecular weight excluding hydrogens is 365 g/mol. The van der Waals surface area contributed by atoms with Gasteiger partial charge in [-0.15, -0.1) is 10.2 Å². The molecule has 1 aromatic heterocycles. The van der Waals surface area contributed by atoms with Gasteiger partial charge in [-0.05, 0) is 30.3 Å². The number of nitrogens with zero attached hydrogens (tertiary/aromatic N) is 2. The minimum Gasteiger partial charge on any atom is -0.411 e. The van der Waals surface area contributed by atoms with Crippen molar-refractivity contribution in [3.8, 4) is 11.5 Å². The predicted molar refractivity (Wildman–Crippen MR) is 93.7 cm³/mol. The second-order valence-corrected chi connectivity index (χ2v) is 6.40. The quantitative estimate of drug-likeness (QED) is 0.659. The number of aromatic nitrogens is 2. The number of rotatable bonds is 6. The Morgan fingerprint density at radius 1 is 1.16 bits per heavy atom. The largest absolute Gasteiger partial charge is 0.411 e. The maximum absolute atomic E-state index is 13.5. The van der Waals surface area contributed by atoms with E-state index in [0.717, 1.165) is 17.3 Å². The molecule has 0 bridgehead atoms. The van der Waals surface area contributed by atoms with E-state index in [4.69, 9.17) is 16.0 Å². The van der Waals surface area contributed by atoms with E-state index >= 15 is 0 Å². The highest BCUT2D eigenvalue weighted by Gasteiger charge is 2.11. The van der Waals surface area contributed by atoms with E-state index in [1.165, 1.54) is 6.07 Å². The van der Waals surface area contributed by atoms with Crippen LogP contribution in [0.2, 0.25) is 5.02 Å². The molecule has 0 saturated heterocycles. The molecule has 0 aliphatic rings. The molecule has 8 heteroatoms. The van der Waals surface area contributed by atoms with Crippen LogP contribution >= 0.6 is 23.4 Å². The fourth-order valence-electron chi connectivity index (χ4n) is 1.99. The minimum absolute atomic E-state index is 0.0940. The molecule has 128 valence electrons. The van der Waals surface area contributed by atoms with Crippen LogP contribution in [-0.2, 0) is 11.3 Å². The number of hydrogen-bond acceptors (Lipinski definition) is 5. The van der Waals surface area contributed by atoms with E-state index in [1.807, 2.05) is 0 Å². The summed E-state index contributed by atoms with van der Waals surface area (Å²) in [5, 5.41) is 11.4. The average molecular weight is 378 g/mol. The van der Waals surface area contributed by atoms with Crippen LogP contribution in [0.5, 0.6) is 0 Å². The molecule has 3 rings (SSSR count). The van der Waals surface area contributed by atoms with Crippen molar-refractivity contribution in [1.82, 2.24) is 15.5 Å². The number of amides is 1. The molecule has 1 heterocycles. The molecular formula is C17H13ClFN3O2S. The third-order valence-electron chi connectivity index (χ3n) is 3.26. The average Bonchev–Trinajstić information content (AvgIpc) is 3.09. The molecule has 1 amide bonds. The lowest BCUT2D eigenvalue weighted by Crippen LogP contribution is -2.25. The van der Waals surface area contributed by atoms with Gasteiger partial charge in [-0.2, -0.15) is 0 Å². The molecule has 0 unspecified atom stereocenters. The van der Waals surface area contributed by atoms with Gasteiger partial charge in [0, 0.05) is 22.7 Å². The minimum atomic E-state index is -0.347. The molecule has 25 heavy (non-hydrogen) atoms. The molecule has 0 atom stereocenters. The maximum Gasteiger partial charge on any atom is 0.277 e. The number of nitrogens with one attached hydrogen (secondary N) is 1. The van der Waals surface area contributed by atoms with Gasteiger partial charge in [0.25, 0.3) is 5.22 Å². The van der Waals surface area contributed by atoms with E-state index in [9.17, 15) is 9.18 Å². The number of carbonyl (C=O) groups is 1. The van der Waals surface area contributed by atoms with Gasteiger partial charge in [0.2, 0.25) is 11.8 Å². The standard InChI is InChI=1S/C17H13ClFN3O2S/c18-13-7-5-11(6-8-13)16-21-22-17(24-16)25-10-15(23)20-9-12-3-1-2-4-14(12)19/h1-8H,9-10H2,(H,20,23). The van der Waals surface area contributed by atoms with Gasteiger partial charge >= 0.3 is 0 Å². The number of halogens is 2. The predicted octanol–water partition coefficient (Wildman–Crippen LogP) is 3.94. The molecule has 0 spiro atoms. The zero-order valence-electron chi connectivity index (χ0n) is 12.9. The van der Waals surface area contributed by atoms with E-state index in [-0.39, 0.29) is 29.2 Å². The second kappa shape index (κ2) is 8.13. The summed E-state index contributed by atoms with van der Waals surface area (Å²) in [7, 11) is 0. The van der Waals surface area contributed by atoms with Crippen LogP contribution in [0.15, 0.2) is 58.2 Å². The van der Waals surface area contributed by atoms with Crippen LogP contribution in [0.25, 0.3) is 11.5 Å². The van der Waals surface area contributed by atoms with Gasteiger partial charge in [-0.1, -0.05) is 41.6 Å². The van der Waals surface area contributed by atoms with Gasteiger partial charge in [-0.25, -0.2) is 4.39 Å². The Labute approximate surface area is 152 Å². The first-order valence-electron chi connectivity index (χ1n) is 7.34. The zero-order chi connectivity index (χ0) is 17.6. The molecule has 0 aliphatic carbocycles. The summed E-state index contributed by atoms with van der Waals surface area (Å²) in [6, 6.07) is 13.3. The third-order valence-corrected chi connectivity index (χ3v) is 4.33. The smallest absolute Gasteiger partial charge is 0.277 e. The Morgan fingerprint density at radius 2 is 1.92 bits per heavy atom. The molecule has 0 radical (unpaired) electrons. The second-order valence-electron chi connectivity index (χ2n) is 5.04. The van der Waals surface area contributed by atoms with Crippen LogP contribution < -0.4 is 5.32 Å². The Morgan fingerprint density at radius 3 is 2.68 bits per heavy atom. The SMILES string of the molecule is O=C(CSc1nnc(-c2ccc(Cl)cc2)o1)NCc1ccccc1F. The normalized spacial score (nSPS) is 10.6. The molecule has 0 saturated carbocycles. The van der Waals surface area contributed by atoms with Gasteiger partial charge < -0.3 is 9.73 Å². The first-order valence-corrected chi connectivity index (χ1v) is 8.70. The summed E-state index contributed by atoms with van der Waals surface area (Å²) < 4.78 is 19.0. The highest BCUT2D eigenvalue weighted by atomic mass is 35.5. The lowest BCUT2D eigenvalue weighted by molar-refractivity contribution is -0.118. The molecule has 0 fully saturated rings. The first-order chi connectivity index (χ1) is 12.1. The van der Waals surface area contributed by atoms with E-state index in [1.54, 1.807) is 42.5 Å². The van der Waals surface area contributed by atoms with Crippen molar-refractivity contribution in [3.05, 3.63) is 64.9 Å². The Kier molecular flexibility index (Phi) is 5.67. The van der Waals surface area contributed by atoms with E-state index in [2.05, 4.69) is 15.5 Å². The molecule has 5 nitrogen and oxygen atoms in total. The Balaban J connectivity index is 1.51. The Bertz CT molecular complexity index is 870. The highest BCUT2D eigenvalue weighted by Crippen LogP contribution is 2.24. The van der Waals surface area contributed by atoms with Crippen molar-refractivity contribution in [2.24, 2.45) is 0 Å². The molecule has 3 aromatic rings. The van der Waals surface area contributed by atoms with Crippen LogP contribution in [0.3, 0.4) is 0 Å². The summed E-state index contributed by atoms with van der Waals surface area (Å²) in [5.74, 6) is -0.151. The number of carbonyl (C=O) groups excluding carboxylic acids is 1. The third kappa shape index (κ3) is 4.80. The summed E-state index contributed by atoms with van der Waals surface area (Å²) in [6.45, 7) is 0.131. The van der Waals surface area contributed by atoms with Crippen LogP contribution in [-0.4, -0.2) is 21.9 Å². The lowest BCUT2D eigenvalue weighted by atomic mass is 10.2. The Hall–Kier alpha value is -2.38. The number of thioether (sulfide) groups is 1. The van der Waals surface area contributed by atoms with E-state index in [0.29, 0.717) is 16.5 Å². The van der Waals surface area contributed by atoms with E-state index < -0.39 is 0 Å². The van der Waals surface area contributed by atoms with Gasteiger partial charge in [0.15, 0.2) is 0 Å². The molecule has 0 aliphatic heterocycles. The fraction of sp³-hybridized carbons (Fsp3) is 0.118. The van der Waals surface area contributed by atoms with Crippen LogP contribution in [0.1, 0.15) is 5.56 Å². The topological polar surface area (TPSA) is 68.0 Å². The lowest BCUT2D eigenvalue weighted by Gasteiger charge is -2.05. The van der Waals surface area contributed by atoms with Crippen LogP contribution in [0, 0.1) is 5.82 Å². The maximum atomic E-state index is 13.5. The van der Waals surface area contributed by atoms with Crippen molar-refractivity contribution >= 4 is 29.3 Å². The van der Waals surface area contributed by atoms with Gasteiger partial charge in [0.05, 0.1) is 5.75 Å². The number of benzene rings is 2. The summed E-state index contributed by atoms with van der Waals surface area (Å²) in [6.07, 6.45) is 0. The zero-order valence-corrected chi connectivity index (χ0v) is 14.5. The van der Waals surface area contributed by atoms with Gasteiger partial charge in [-0.3, -0.25) is 4.79 Å². The van der Waals surface area contributed by atoms with Crippen molar-refractivity contribution < 1.29 is 13.6 Å². The molecule has 2 aromatic carbocycles. The first kappa shape index (κ1) is 17.4.